The van der Waals surface area contributed by atoms with E-state index >= 15 is 0 Å². The van der Waals surface area contributed by atoms with E-state index in [1.54, 1.807) is 23.3 Å². The number of benzene rings is 1. The van der Waals surface area contributed by atoms with E-state index < -0.39 is 0 Å². The van der Waals surface area contributed by atoms with Crippen molar-refractivity contribution in [1.29, 1.82) is 0 Å². The van der Waals surface area contributed by atoms with Gasteiger partial charge in [-0.05, 0) is 51.3 Å². The van der Waals surface area contributed by atoms with Crippen LogP contribution in [0.25, 0.3) is 10.4 Å². The Kier molecular flexibility index (Phi) is 7.03. The quantitative estimate of drug-likeness (QED) is 0.729. The van der Waals surface area contributed by atoms with Crippen molar-refractivity contribution >= 4 is 23.2 Å². The second-order valence-electron chi connectivity index (χ2n) is 7.56. The molecule has 7 heteroatoms. The fourth-order valence-corrected chi connectivity index (χ4v) is 4.71. The minimum atomic E-state index is -0.383. The van der Waals surface area contributed by atoms with Crippen molar-refractivity contribution in [2.24, 2.45) is 0 Å². The Bertz CT molecular complexity index is 845. The van der Waals surface area contributed by atoms with Gasteiger partial charge in [0.2, 0.25) is 11.8 Å². The van der Waals surface area contributed by atoms with E-state index in [2.05, 4.69) is 27.8 Å². The van der Waals surface area contributed by atoms with E-state index in [4.69, 9.17) is 0 Å². The number of likely N-dealkylation sites (N-methyl/N-ethyl adjacent to an activating group) is 1. The molecule has 0 spiro atoms. The first-order chi connectivity index (χ1) is 14.0. The number of aromatic nitrogens is 1. The van der Waals surface area contributed by atoms with Gasteiger partial charge in [-0.3, -0.25) is 9.59 Å². The lowest BCUT2D eigenvalue weighted by atomic mass is 10.0. The van der Waals surface area contributed by atoms with E-state index in [0.717, 1.165) is 23.2 Å². The van der Waals surface area contributed by atoms with Crippen molar-refractivity contribution in [1.82, 2.24) is 20.5 Å². The van der Waals surface area contributed by atoms with Gasteiger partial charge in [0.1, 0.15) is 6.04 Å². The van der Waals surface area contributed by atoms with Crippen molar-refractivity contribution in [2.75, 3.05) is 13.6 Å². The highest BCUT2D eigenvalue weighted by Crippen LogP contribution is 2.28. The Morgan fingerprint density at radius 3 is 2.62 bits per heavy atom. The minimum absolute atomic E-state index is 0.0181. The number of carbonyl (C=O) groups excluding carboxylic acids is 2. The molecule has 0 bridgehead atoms. The van der Waals surface area contributed by atoms with Crippen LogP contribution in [0.1, 0.15) is 50.4 Å². The van der Waals surface area contributed by atoms with Gasteiger partial charge in [-0.25, -0.2) is 4.98 Å². The van der Waals surface area contributed by atoms with E-state index in [9.17, 15) is 9.59 Å². The number of nitrogens with one attached hydrogen (secondary N) is 2. The average Bonchev–Trinajstić information content (AvgIpc) is 3.38. The summed E-state index contributed by atoms with van der Waals surface area (Å²) in [6.45, 7) is 6.61. The third kappa shape index (κ3) is 4.67. The monoisotopic (exact) mass is 414 g/mol. The number of thiazole rings is 1. The Hall–Kier alpha value is -2.25. The Balaban J connectivity index is 1.65. The van der Waals surface area contributed by atoms with Gasteiger partial charge in [0.25, 0.3) is 0 Å². The minimum Gasteiger partial charge on any atom is -0.348 e. The van der Waals surface area contributed by atoms with Crippen molar-refractivity contribution in [3.05, 3.63) is 41.0 Å². The predicted octanol–water partition coefficient (Wildman–Crippen LogP) is 3.28. The van der Waals surface area contributed by atoms with E-state index in [0.29, 0.717) is 19.4 Å². The highest BCUT2D eigenvalue weighted by Gasteiger charge is 2.36. The lowest BCUT2D eigenvalue weighted by Gasteiger charge is -2.28. The fraction of sp³-hybridized carbons (Fsp3) is 0.500. The maximum absolute atomic E-state index is 12.9. The number of amides is 2. The molecule has 1 aliphatic rings. The third-order valence-electron chi connectivity index (χ3n) is 5.67. The zero-order valence-electron chi connectivity index (χ0n) is 17.6. The molecule has 1 fully saturated rings. The molecule has 1 aromatic heterocycles. The van der Waals surface area contributed by atoms with Crippen LogP contribution in [0.15, 0.2) is 29.8 Å². The number of likely N-dealkylation sites (tertiary alicyclic amines) is 1. The molecule has 3 rings (SSSR count). The van der Waals surface area contributed by atoms with Crippen molar-refractivity contribution in [3.8, 4) is 10.4 Å². The molecule has 0 aliphatic carbocycles. The molecule has 3 unspecified atom stereocenters. The molecule has 1 aromatic carbocycles. The van der Waals surface area contributed by atoms with Gasteiger partial charge < -0.3 is 15.5 Å². The topological polar surface area (TPSA) is 74.3 Å². The van der Waals surface area contributed by atoms with E-state index in [1.807, 2.05) is 38.4 Å². The molecule has 1 aliphatic heterocycles. The Morgan fingerprint density at radius 2 is 2.03 bits per heavy atom. The normalized spacial score (nSPS) is 18.5. The van der Waals surface area contributed by atoms with Crippen LogP contribution in [0.2, 0.25) is 0 Å². The molecule has 1 saturated heterocycles. The van der Waals surface area contributed by atoms with Crippen LogP contribution in [0.4, 0.5) is 0 Å². The molecule has 156 valence electrons. The van der Waals surface area contributed by atoms with Gasteiger partial charge in [-0.15, -0.1) is 11.3 Å². The number of aryl methyl sites for hydroxylation is 1. The molecule has 2 aromatic rings. The van der Waals surface area contributed by atoms with Crippen LogP contribution in [0.3, 0.4) is 0 Å². The molecule has 0 saturated carbocycles. The molecule has 2 amide bonds. The first-order valence-electron chi connectivity index (χ1n) is 10.2. The maximum atomic E-state index is 12.9. The van der Waals surface area contributed by atoms with Crippen LogP contribution >= 0.6 is 11.3 Å². The SMILES string of the molecule is CCC(NC)C(=O)N1CCCC1C(=O)NC(C)c1ccc(-c2scnc2C)cc1. The maximum Gasteiger partial charge on any atom is 0.243 e. The molecule has 2 heterocycles. The van der Waals surface area contributed by atoms with Crippen LogP contribution in [-0.2, 0) is 9.59 Å². The predicted molar refractivity (Wildman–Crippen MR) is 117 cm³/mol. The molecule has 29 heavy (non-hydrogen) atoms. The molecule has 6 nitrogen and oxygen atoms in total. The molecular formula is C22H30N4O2S. The first kappa shape index (κ1) is 21.5. The summed E-state index contributed by atoms with van der Waals surface area (Å²) in [5, 5.41) is 6.15. The Labute approximate surface area is 176 Å². The Morgan fingerprint density at radius 1 is 1.31 bits per heavy atom. The third-order valence-corrected chi connectivity index (χ3v) is 6.65. The summed E-state index contributed by atoms with van der Waals surface area (Å²) in [6.07, 6.45) is 2.29. The van der Waals surface area contributed by atoms with Crippen LogP contribution in [0, 0.1) is 6.92 Å². The van der Waals surface area contributed by atoms with Crippen molar-refractivity contribution in [3.63, 3.8) is 0 Å². The van der Waals surface area contributed by atoms with Gasteiger partial charge >= 0.3 is 0 Å². The zero-order valence-corrected chi connectivity index (χ0v) is 18.4. The summed E-state index contributed by atoms with van der Waals surface area (Å²) in [7, 11) is 1.79. The lowest BCUT2D eigenvalue weighted by Crippen LogP contribution is -2.52. The van der Waals surface area contributed by atoms with Gasteiger partial charge in [-0.1, -0.05) is 31.2 Å². The van der Waals surface area contributed by atoms with Gasteiger partial charge in [0, 0.05) is 6.54 Å². The first-order valence-corrected chi connectivity index (χ1v) is 11.1. The van der Waals surface area contributed by atoms with Gasteiger partial charge in [-0.2, -0.15) is 0 Å². The smallest absolute Gasteiger partial charge is 0.243 e. The molecular weight excluding hydrogens is 384 g/mol. The summed E-state index contributed by atoms with van der Waals surface area (Å²) in [5.74, 6) is -0.0544. The van der Waals surface area contributed by atoms with Gasteiger partial charge in [0.05, 0.1) is 28.2 Å². The number of carbonyl (C=O) groups is 2. The second kappa shape index (κ2) is 9.50. The fourth-order valence-electron chi connectivity index (χ4n) is 3.90. The van der Waals surface area contributed by atoms with Crippen LogP contribution in [0.5, 0.6) is 0 Å². The summed E-state index contributed by atoms with van der Waals surface area (Å²) < 4.78 is 0. The summed E-state index contributed by atoms with van der Waals surface area (Å²) in [6, 6.07) is 7.50. The summed E-state index contributed by atoms with van der Waals surface area (Å²) >= 11 is 1.63. The van der Waals surface area contributed by atoms with E-state index in [1.165, 1.54) is 4.88 Å². The number of hydrogen-bond donors (Lipinski definition) is 2. The largest absolute Gasteiger partial charge is 0.348 e. The molecule has 0 radical (unpaired) electrons. The second-order valence-corrected chi connectivity index (χ2v) is 8.41. The molecule has 2 N–H and O–H groups in total. The number of nitrogens with zero attached hydrogens (tertiary/aromatic N) is 2. The zero-order chi connectivity index (χ0) is 21.0. The van der Waals surface area contributed by atoms with Crippen LogP contribution < -0.4 is 10.6 Å². The molecule has 3 atom stereocenters. The highest BCUT2D eigenvalue weighted by atomic mass is 32.1. The van der Waals surface area contributed by atoms with Crippen molar-refractivity contribution in [2.45, 2.75) is 58.2 Å². The standard InChI is InChI=1S/C22H30N4O2S/c1-5-18(23-4)22(28)26-12-6-7-19(26)21(27)25-14(2)16-8-10-17(11-9-16)20-15(3)24-13-29-20/h8-11,13-14,18-19,23H,5-7,12H2,1-4H3,(H,25,27). The summed E-state index contributed by atoms with van der Waals surface area (Å²) in [5.41, 5.74) is 5.06. The van der Waals surface area contributed by atoms with Gasteiger partial charge in [0.15, 0.2) is 0 Å². The summed E-state index contributed by atoms with van der Waals surface area (Å²) in [4.78, 5) is 32.9. The van der Waals surface area contributed by atoms with Crippen LogP contribution in [-0.4, -0.2) is 47.4 Å². The average molecular weight is 415 g/mol. The number of hydrogen-bond acceptors (Lipinski definition) is 5. The van der Waals surface area contributed by atoms with E-state index in [-0.39, 0.29) is 29.9 Å². The number of rotatable bonds is 7. The van der Waals surface area contributed by atoms with Crippen molar-refractivity contribution < 1.29 is 9.59 Å². The highest BCUT2D eigenvalue weighted by molar-refractivity contribution is 7.13. The lowest BCUT2D eigenvalue weighted by molar-refractivity contribution is -0.140.